The number of pyridine rings is 1. The number of nitrogens with one attached hydrogen (secondary N) is 1. The first-order valence-electron chi connectivity index (χ1n) is 6.77. The summed E-state index contributed by atoms with van der Waals surface area (Å²) in [4.78, 5) is 4.12. The number of aryl methyl sites for hydroxylation is 1. The number of aromatic nitrogens is 1. The number of nitrogens with zero attached hydrogens (tertiary/aromatic N) is 1. The smallest absolute Gasteiger partial charge is 0.213 e. The molecule has 1 aliphatic rings. The molecule has 1 aromatic carbocycles. The van der Waals surface area contributed by atoms with Crippen LogP contribution in [0.1, 0.15) is 29.2 Å². The van der Waals surface area contributed by atoms with Gasteiger partial charge in [-0.3, -0.25) is 0 Å². The van der Waals surface area contributed by atoms with Crippen LogP contribution in [0.4, 0.5) is 0 Å². The van der Waals surface area contributed by atoms with E-state index in [2.05, 4.69) is 22.4 Å². The molecule has 0 amide bonds. The first-order valence-corrected chi connectivity index (χ1v) is 7.14. The van der Waals surface area contributed by atoms with E-state index >= 15 is 0 Å². The average Bonchev–Trinajstić information content (AvgIpc) is 2.87. The van der Waals surface area contributed by atoms with Crippen LogP contribution >= 0.6 is 11.6 Å². The van der Waals surface area contributed by atoms with Gasteiger partial charge in [-0.2, -0.15) is 0 Å². The summed E-state index contributed by atoms with van der Waals surface area (Å²) in [6, 6.07) is 10.6. The molecule has 20 heavy (non-hydrogen) atoms. The first kappa shape index (κ1) is 13.4. The largest absolute Gasteiger partial charge is 0.481 e. The normalized spacial score (nSPS) is 17.0. The molecule has 0 spiro atoms. The van der Waals surface area contributed by atoms with E-state index in [1.807, 2.05) is 18.2 Å². The molecule has 1 aromatic heterocycles. The van der Waals surface area contributed by atoms with Gasteiger partial charge < -0.3 is 10.1 Å². The molecule has 3 rings (SSSR count). The van der Waals surface area contributed by atoms with Crippen LogP contribution < -0.4 is 10.1 Å². The Kier molecular flexibility index (Phi) is 3.90. The average molecular weight is 289 g/mol. The van der Waals surface area contributed by atoms with Crippen molar-refractivity contribution in [3.8, 4) is 5.88 Å². The van der Waals surface area contributed by atoms with E-state index in [4.69, 9.17) is 16.3 Å². The quantitative estimate of drug-likeness (QED) is 0.935. The van der Waals surface area contributed by atoms with Crippen molar-refractivity contribution in [3.05, 3.63) is 58.2 Å². The standard InChI is InChI=1S/C16H17ClN2O/c1-20-16-8-11(6-7-18-16)10-19-15-5-2-12-9-13(17)3-4-14(12)15/h3-4,6-9,15,19H,2,5,10H2,1H3. The van der Waals surface area contributed by atoms with Crippen LogP contribution in [0, 0.1) is 0 Å². The Balaban J connectivity index is 1.68. The molecule has 0 aliphatic heterocycles. The van der Waals surface area contributed by atoms with Gasteiger partial charge in [0.2, 0.25) is 5.88 Å². The molecule has 1 atom stereocenters. The van der Waals surface area contributed by atoms with Crippen molar-refractivity contribution < 1.29 is 4.74 Å². The Bertz CT molecular complexity index is 615. The molecule has 0 radical (unpaired) electrons. The zero-order valence-corrected chi connectivity index (χ0v) is 12.2. The molecule has 4 heteroatoms. The summed E-state index contributed by atoms with van der Waals surface area (Å²) in [7, 11) is 1.64. The predicted octanol–water partition coefficient (Wildman–Crippen LogP) is 3.52. The molecule has 1 aliphatic carbocycles. The molecule has 1 heterocycles. The van der Waals surface area contributed by atoms with E-state index in [1.165, 1.54) is 16.7 Å². The Morgan fingerprint density at radius 1 is 1.35 bits per heavy atom. The van der Waals surface area contributed by atoms with Crippen LogP contribution in [0.3, 0.4) is 0 Å². The monoisotopic (exact) mass is 288 g/mol. The minimum absolute atomic E-state index is 0.404. The maximum Gasteiger partial charge on any atom is 0.213 e. The van der Waals surface area contributed by atoms with Gasteiger partial charge in [-0.1, -0.05) is 17.7 Å². The Morgan fingerprint density at radius 3 is 3.10 bits per heavy atom. The summed E-state index contributed by atoms with van der Waals surface area (Å²) in [5.74, 6) is 0.655. The topological polar surface area (TPSA) is 34.1 Å². The highest BCUT2D eigenvalue weighted by Crippen LogP contribution is 2.33. The van der Waals surface area contributed by atoms with Crippen molar-refractivity contribution in [1.82, 2.24) is 10.3 Å². The SMILES string of the molecule is COc1cc(CNC2CCc3cc(Cl)ccc32)ccn1. The van der Waals surface area contributed by atoms with Crippen LogP contribution in [-0.4, -0.2) is 12.1 Å². The maximum atomic E-state index is 6.04. The molecule has 0 bridgehead atoms. The lowest BCUT2D eigenvalue weighted by Crippen LogP contribution is -2.18. The lowest BCUT2D eigenvalue weighted by atomic mass is 10.1. The fraction of sp³-hybridized carbons (Fsp3) is 0.312. The van der Waals surface area contributed by atoms with Crippen LogP contribution in [-0.2, 0) is 13.0 Å². The van der Waals surface area contributed by atoms with E-state index in [1.54, 1.807) is 13.3 Å². The highest BCUT2D eigenvalue weighted by Gasteiger charge is 2.21. The van der Waals surface area contributed by atoms with Crippen molar-refractivity contribution in [2.75, 3.05) is 7.11 Å². The number of methoxy groups -OCH3 is 1. The molecule has 0 saturated heterocycles. The van der Waals surface area contributed by atoms with Gasteiger partial charge >= 0.3 is 0 Å². The van der Waals surface area contributed by atoms with Crippen LogP contribution in [0.25, 0.3) is 0 Å². The van der Waals surface area contributed by atoms with Gasteiger partial charge in [-0.15, -0.1) is 0 Å². The fourth-order valence-electron chi connectivity index (χ4n) is 2.71. The van der Waals surface area contributed by atoms with Crippen molar-refractivity contribution >= 4 is 11.6 Å². The van der Waals surface area contributed by atoms with Crippen molar-refractivity contribution in [2.45, 2.75) is 25.4 Å². The molecule has 1 N–H and O–H groups in total. The number of rotatable bonds is 4. The summed E-state index contributed by atoms with van der Waals surface area (Å²) >= 11 is 6.04. The summed E-state index contributed by atoms with van der Waals surface area (Å²) in [5.41, 5.74) is 3.91. The molecule has 1 unspecified atom stereocenters. The minimum Gasteiger partial charge on any atom is -0.481 e. The van der Waals surface area contributed by atoms with Gasteiger partial charge in [0.25, 0.3) is 0 Å². The van der Waals surface area contributed by atoms with Gasteiger partial charge in [0.1, 0.15) is 0 Å². The number of hydrogen-bond donors (Lipinski definition) is 1. The van der Waals surface area contributed by atoms with Gasteiger partial charge in [0.05, 0.1) is 7.11 Å². The third-order valence-electron chi connectivity index (χ3n) is 3.74. The number of ether oxygens (including phenoxy) is 1. The molecule has 104 valence electrons. The van der Waals surface area contributed by atoms with E-state index < -0.39 is 0 Å². The highest BCUT2D eigenvalue weighted by molar-refractivity contribution is 6.30. The fourth-order valence-corrected chi connectivity index (χ4v) is 2.91. The summed E-state index contributed by atoms with van der Waals surface area (Å²) in [6.07, 6.45) is 3.99. The Hall–Kier alpha value is -1.58. The molecular formula is C16H17ClN2O. The number of fused-ring (bicyclic) bond motifs is 1. The van der Waals surface area contributed by atoms with E-state index in [9.17, 15) is 0 Å². The van der Waals surface area contributed by atoms with Crippen LogP contribution in [0.5, 0.6) is 5.88 Å². The number of hydrogen-bond acceptors (Lipinski definition) is 3. The molecule has 2 aromatic rings. The Labute approximate surface area is 123 Å². The second-order valence-corrected chi connectivity index (χ2v) is 5.46. The maximum absolute atomic E-state index is 6.04. The highest BCUT2D eigenvalue weighted by atomic mass is 35.5. The lowest BCUT2D eigenvalue weighted by Gasteiger charge is -2.14. The zero-order valence-electron chi connectivity index (χ0n) is 11.4. The first-order chi connectivity index (χ1) is 9.76. The zero-order chi connectivity index (χ0) is 13.9. The molecule has 0 saturated carbocycles. The van der Waals surface area contributed by atoms with E-state index in [-0.39, 0.29) is 0 Å². The van der Waals surface area contributed by atoms with E-state index in [0.717, 1.165) is 24.4 Å². The lowest BCUT2D eigenvalue weighted by molar-refractivity contribution is 0.396. The van der Waals surface area contributed by atoms with Crippen molar-refractivity contribution in [3.63, 3.8) is 0 Å². The number of halogens is 1. The predicted molar refractivity (Wildman–Crippen MR) is 80.1 cm³/mol. The third kappa shape index (κ3) is 2.79. The van der Waals surface area contributed by atoms with Crippen molar-refractivity contribution in [1.29, 1.82) is 0 Å². The van der Waals surface area contributed by atoms with Gasteiger partial charge in [-0.25, -0.2) is 4.98 Å². The second kappa shape index (κ2) is 5.81. The van der Waals surface area contributed by atoms with Gasteiger partial charge in [-0.05, 0) is 47.7 Å². The van der Waals surface area contributed by atoms with E-state index in [0.29, 0.717) is 11.9 Å². The van der Waals surface area contributed by atoms with Gasteiger partial charge in [0, 0.05) is 29.9 Å². The summed E-state index contributed by atoms with van der Waals surface area (Å²) in [6.45, 7) is 0.811. The summed E-state index contributed by atoms with van der Waals surface area (Å²) in [5, 5.41) is 4.42. The number of benzene rings is 1. The molecule has 0 fully saturated rings. The third-order valence-corrected chi connectivity index (χ3v) is 3.98. The Morgan fingerprint density at radius 2 is 2.25 bits per heavy atom. The minimum atomic E-state index is 0.404. The van der Waals surface area contributed by atoms with Crippen LogP contribution in [0.15, 0.2) is 36.5 Å². The second-order valence-electron chi connectivity index (χ2n) is 5.02. The van der Waals surface area contributed by atoms with Crippen LogP contribution in [0.2, 0.25) is 5.02 Å². The molecule has 3 nitrogen and oxygen atoms in total. The van der Waals surface area contributed by atoms with Crippen molar-refractivity contribution in [2.24, 2.45) is 0 Å². The summed E-state index contributed by atoms with van der Waals surface area (Å²) < 4.78 is 5.14. The molecular weight excluding hydrogens is 272 g/mol. The van der Waals surface area contributed by atoms with Gasteiger partial charge in [0.15, 0.2) is 0 Å².